The van der Waals surface area contributed by atoms with E-state index in [1.165, 1.54) is 24.3 Å². The van der Waals surface area contributed by atoms with Gasteiger partial charge in [0.25, 0.3) is 5.56 Å². The molecule has 1 heterocycles. The Hall–Kier alpha value is -2.95. The SMILES string of the molecule is Cc1cc2cc(CCC(=O)Nc3ccc(F)cc3)ccc2[nH]c1=O. The molecule has 0 aliphatic carbocycles. The van der Waals surface area contributed by atoms with Crippen molar-refractivity contribution in [3.63, 3.8) is 0 Å². The Morgan fingerprint density at radius 3 is 2.62 bits per heavy atom. The number of aromatic amines is 1. The van der Waals surface area contributed by atoms with E-state index in [0.29, 0.717) is 24.1 Å². The van der Waals surface area contributed by atoms with Crippen LogP contribution in [0.5, 0.6) is 0 Å². The Morgan fingerprint density at radius 1 is 1.12 bits per heavy atom. The molecule has 1 amide bonds. The molecule has 122 valence electrons. The predicted molar refractivity (Wildman–Crippen MR) is 92.7 cm³/mol. The van der Waals surface area contributed by atoms with Crippen molar-refractivity contribution in [2.24, 2.45) is 0 Å². The van der Waals surface area contributed by atoms with Gasteiger partial charge in [-0.15, -0.1) is 0 Å². The van der Waals surface area contributed by atoms with Crippen molar-refractivity contribution in [1.29, 1.82) is 0 Å². The summed E-state index contributed by atoms with van der Waals surface area (Å²) >= 11 is 0. The lowest BCUT2D eigenvalue weighted by atomic mass is 10.1. The molecule has 4 nitrogen and oxygen atoms in total. The van der Waals surface area contributed by atoms with Crippen LogP contribution >= 0.6 is 0 Å². The molecule has 2 aromatic carbocycles. The number of aryl methyl sites for hydroxylation is 2. The first kappa shape index (κ1) is 15.9. The summed E-state index contributed by atoms with van der Waals surface area (Å²) in [4.78, 5) is 26.4. The molecule has 1 aromatic heterocycles. The first-order valence-electron chi connectivity index (χ1n) is 7.69. The van der Waals surface area contributed by atoms with Crippen LogP contribution in [0, 0.1) is 12.7 Å². The molecule has 0 fully saturated rings. The summed E-state index contributed by atoms with van der Waals surface area (Å²) < 4.78 is 12.8. The largest absolute Gasteiger partial charge is 0.326 e. The zero-order chi connectivity index (χ0) is 17.1. The molecule has 3 aromatic rings. The topological polar surface area (TPSA) is 62.0 Å². The third-order valence-corrected chi connectivity index (χ3v) is 3.86. The van der Waals surface area contributed by atoms with E-state index >= 15 is 0 Å². The van der Waals surface area contributed by atoms with Crippen LogP contribution in [0.4, 0.5) is 10.1 Å². The highest BCUT2D eigenvalue weighted by Crippen LogP contribution is 2.15. The second kappa shape index (κ2) is 6.66. The molecule has 0 unspecified atom stereocenters. The zero-order valence-electron chi connectivity index (χ0n) is 13.2. The maximum atomic E-state index is 12.8. The Bertz CT molecular complexity index is 946. The van der Waals surface area contributed by atoms with Crippen molar-refractivity contribution in [2.75, 3.05) is 5.32 Å². The van der Waals surface area contributed by atoms with Gasteiger partial charge in [0.15, 0.2) is 0 Å². The standard InChI is InChI=1S/C19H17FN2O2/c1-12-10-14-11-13(2-8-17(14)22-19(12)24)3-9-18(23)21-16-6-4-15(20)5-7-16/h2,4-8,10-11H,3,9H2,1H3,(H,21,23)(H,22,24). The van der Waals surface area contributed by atoms with Crippen molar-refractivity contribution in [3.05, 3.63) is 75.8 Å². The summed E-state index contributed by atoms with van der Waals surface area (Å²) in [6, 6.07) is 13.2. The molecule has 0 bridgehead atoms. The maximum absolute atomic E-state index is 12.8. The number of hydrogen-bond donors (Lipinski definition) is 2. The minimum atomic E-state index is -0.336. The van der Waals surface area contributed by atoms with Crippen LogP contribution in [-0.2, 0) is 11.2 Å². The summed E-state index contributed by atoms with van der Waals surface area (Å²) in [6.45, 7) is 1.76. The van der Waals surface area contributed by atoms with E-state index in [0.717, 1.165) is 16.5 Å². The predicted octanol–water partition coefficient (Wildman–Crippen LogP) is 3.55. The van der Waals surface area contributed by atoms with Gasteiger partial charge in [-0.25, -0.2) is 4.39 Å². The van der Waals surface area contributed by atoms with E-state index in [1.807, 2.05) is 24.3 Å². The van der Waals surface area contributed by atoms with Crippen molar-refractivity contribution < 1.29 is 9.18 Å². The monoisotopic (exact) mass is 324 g/mol. The number of pyridine rings is 1. The number of hydrogen-bond acceptors (Lipinski definition) is 2. The first-order valence-corrected chi connectivity index (χ1v) is 7.69. The van der Waals surface area contributed by atoms with Gasteiger partial charge in [-0.05, 0) is 66.8 Å². The number of halogens is 1. The number of carbonyl (C=O) groups excluding carboxylic acids is 1. The minimum absolute atomic E-state index is 0.0890. The van der Waals surface area contributed by atoms with Crippen molar-refractivity contribution >= 4 is 22.5 Å². The normalized spacial score (nSPS) is 10.8. The molecule has 0 aliphatic heterocycles. The molecule has 24 heavy (non-hydrogen) atoms. The van der Waals surface area contributed by atoms with Gasteiger partial charge < -0.3 is 10.3 Å². The molecule has 0 aliphatic rings. The highest BCUT2D eigenvalue weighted by Gasteiger charge is 2.05. The fourth-order valence-corrected chi connectivity index (χ4v) is 2.54. The number of rotatable bonds is 4. The maximum Gasteiger partial charge on any atom is 0.251 e. The van der Waals surface area contributed by atoms with Gasteiger partial charge in [-0.2, -0.15) is 0 Å². The van der Waals surface area contributed by atoms with E-state index in [2.05, 4.69) is 10.3 Å². The fourth-order valence-electron chi connectivity index (χ4n) is 2.54. The molecular weight excluding hydrogens is 307 g/mol. The molecule has 5 heteroatoms. The average molecular weight is 324 g/mol. The van der Waals surface area contributed by atoms with Gasteiger partial charge in [0.05, 0.1) is 0 Å². The van der Waals surface area contributed by atoms with E-state index in [-0.39, 0.29) is 17.3 Å². The molecule has 0 saturated heterocycles. The first-order chi connectivity index (χ1) is 11.5. The highest BCUT2D eigenvalue weighted by atomic mass is 19.1. The Balaban J connectivity index is 1.66. The van der Waals surface area contributed by atoms with Gasteiger partial charge in [0.1, 0.15) is 5.82 Å². The number of amides is 1. The summed E-state index contributed by atoms with van der Waals surface area (Å²) in [7, 11) is 0. The summed E-state index contributed by atoms with van der Waals surface area (Å²) in [5.41, 5.74) is 2.95. The number of anilines is 1. The van der Waals surface area contributed by atoms with Crippen molar-refractivity contribution in [3.8, 4) is 0 Å². The Kier molecular flexibility index (Phi) is 4.42. The van der Waals surface area contributed by atoms with Crippen LogP contribution in [0.15, 0.2) is 53.3 Å². The number of fused-ring (bicyclic) bond motifs is 1. The highest BCUT2D eigenvalue weighted by molar-refractivity contribution is 5.90. The number of nitrogens with one attached hydrogen (secondary N) is 2. The summed E-state index contributed by atoms with van der Waals surface area (Å²) in [5.74, 6) is -0.461. The zero-order valence-corrected chi connectivity index (χ0v) is 13.2. The fraction of sp³-hybridized carbons (Fsp3) is 0.158. The average Bonchev–Trinajstić information content (AvgIpc) is 2.56. The molecule has 3 rings (SSSR count). The van der Waals surface area contributed by atoms with Gasteiger partial charge >= 0.3 is 0 Å². The van der Waals surface area contributed by atoms with E-state index < -0.39 is 0 Å². The lowest BCUT2D eigenvalue weighted by molar-refractivity contribution is -0.116. The third kappa shape index (κ3) is 3.68. The van der Waals surface area contributed by atoms with Gasteiger partial charge in [0, 0.05) is 23.2 Å². The summed E-state index contributed by atoms with van der Waals surface area (Å²) in [6.07, 6.45) is 0.909. The summed E-state index contributed by atoms with van der Waals surface area (Å²) in [5, 5.41) is 3.69. The third-order valence-electron chi connectivity index (χ3n) is 3.86. The van der Waals surface area contributed by atoms with E-state index in [4.69, 9.17) is 0 Å². The number of carbonyl (C=O) groups is 1. The van der Waals surface area contributed by atoms with Gasteiger partial charge in [0.2, 0.25) is 5.91 Å². The number of H-pyrrole nitrogens is 1. The van der Waals surface area contributed by atoms with E-state index in [1.54, 1.807) is 6.92 Å². The minimum Gasteiger partial charge on any atom is -0.326 e. The number of aromatic nitrogens is 1. The smallest absolute Gasteiger partial charge is 0.251 e. The van der Waals surface area contributed by atoms with Crippen LogP contribution in [0.1, 0.15) is 17.5 Å². The molecule has 0 atom stereocenters. The lowest BCUT2D eigenvalue weighted by Gasteiger charge is -2.06. The van der Waals surface area contributed by atoms with Crippen LogP contribution in [0.3, 0.4) is 0 Å². The van der Waals surface area contributed by atoms with E-state index in [9.17, 15) is 14.0 Å². The van der Waals surface area contributed by atoms with Crippen molar-refractivity contribution in [1.82, 2.24) is 4.98 Å². The second-order valence-corrected chi connectivity index (χ2v) is 5.76. The van der Waals surface area contributed by atoms with Crippen LogP contribution < -0.4 is 10.9 Å². The Morgan fingerprint density at radius 2 is 1.88 bits per heavy atom. The lowest BCUT2D eigenvalue weighted by Crippen LogP contribution is -2.12. The number of benzene rings is 2. The van der Waals surface area contributed by atoms with Crippen molar-refractivity contribution in [2.45, 2.75) is 19.8 Å². The van der Waals surface area contributed by atoms with Crippen LogP contribution in [-0.4, -0.2) is 10.9 Å². The Labute approximate surface area is 138 Å². The molecular formula is C19H17FN2O2. The molecule has 0 radical (unpaired) electrons. The molecule has 0 saturated carbocycles. The van der Waals surface area contributed by atoms with Gasteiger partial charge in [-0.3, -0.25) is 9.59 Å². The quantitative estimate of drug-likeness (QED) is 0.771. The van der Waals surface area contributed by atoms with Gasteiger partial charge in [-0.1, -0.05) is 6.07 Å². The van der Waals surface area contributed by atoms with Crippen LogP contribution in [0.2, 0.25) is 0 Å². The second-order valence-electron chi connectivity index (χ2n) is 5.76. The molecule has 0 spiro atoms. The molecule has 2 N–H and O–H groups in total. The van der Waals surface area contributed by atoms with Crippen LogP contribution in [0.25, 0.3) is 10.9 Å².